The van der Waals surface area contributed by atoms with E-state index in [9.17, 15) is 14.7 Å². The van der Waals surface area contributed by atoms with E-state index < -0.39 is 12.0 Å². The van der Waals surface area contributed by atoms with Crippen LogP contribution in [0.25, 0.3) is 0 Å². The molecule has 1 aliphatic heterocycles. The van der Waals surface area contributed by atoms with Crippen LogP contribution >= 0.6 is 0 Å². The van der Waals surface area contributed by atoms with E-state index in [1.54, 1.807) is 0 Å². The minimum atomic E-state index is -0.911. The van der Waals surface area contributed by atoms with Crippen LogP contribution in [0.1, 0.15) is 33.6 Å². The summed E-state index contributed by atoms with van der Waals surface area (Å²) in [6.45, 7) is 7.89. The molecule has 2 atom stereocenters. The number of amides is 2. The lowest BCUT2D eigenvalue weighted by Gasteiger charge is -2.37. The SMILES string of the molecule is CC1CCCN(C(=O)NCCN(C)C(C)C)C1C(=O)O. The Morgan fingerprint density at radius 2 is 2.10 bits per heavy atom. The number of carbonyl (C=O) groups is 2. The van der Waals surface area contributed by atoms with Gasteiger partial charge in [-0.3, -0.25) is 0 Å². The van der Waals surface area contributed by atoms with E-state index in [4.69, 9.17) is 0 Å². The number of aliphatic carboxylic acids is 1. The van der Waals surface area contributed by atoms with Crippen molar-refractivity contribution in [2.75, 3.05) is 26.7 Å². The molecule has 0 radical (unpaired) electrons. The number of hydrogen-bond acceptors (Lipinski definition) is 3. The number of piperidine rings is 1. The number of likely N-dealkylation sites (N-methyl/N-ethyl adjacent to an activating group) is 1. The topological polar surface area (TPSA) is 72.9 Å². The van der Waals surface area contributed by atoms with E-state index in [-0.39, 0.29) is 11.9 Å². The van der Waals surface area contributed by atoms with Gasteiger partial charge in [-0.25, -0.2) is 9.59 Å². The normalized spacial score (nSPS) is 23.2. The molecule has 1 rings (SSSR count). The molecule has 1 fully saturated rings. The Kier molecular flexibility index (Phi) is 6.26. The van der Waals surface area contributed by atoms with Gasteiger partial charge in [0, 0.05) is 25.7 Å². The number of nitrogens with zero attached hydrogens (tertiary/aromatic N) is 2. The molecule has 6 heteroatoms. The van der Waals surface area contributed by atoms with Gasteiger partial charge in [0.1, 0.15) is 6.04 Å². The molecule has 116 valence electrons. The number of rotatable bonds is 5. The fraction of sp³-hybridized carbons (Fsp3) is 0.857. The highest BCUT2D eigenvalue weighted by Gasteiger charge is 2.36. The van der Waals surface area contributed by atoms with E-state index in [0.717, 1.165) is 19.4 Å². The first kappa shape index (κ1) is 16.8. The zero-order valence-electron chi connectivity index (χ0n) is 12.9. The van der Waals surface area contributed by atoms with Crippen LogP contribution in [0, 0.1) is 5.92 Å². The van der Waals surface area contributed by atoms with Gasteiger partial charge in [-0.1, -0.05) is 6.92 Å². The summed E-state index contributed by atoms with van der Waals surface area (Å²) in [7, 11) is 2.00. The highest BCUT2D eigenvalue weighted by Crippen LogP contribution is 2.23. The van der Waals surface area contributed by atoms with E-state index in [1.165, 1.54) is 4.90 Å². The van der Waals surface area contributed by atoms with Crippen LogP contribution in [0.2, 0.25) is 0 Å². The van der Waals surface area contributed by atoms with Crippen molar-refractivity contribution in [2.45, 2.75) is 45.7 Å². The lowest BCUT2D eigenvalue weighted by atomic mass is 9.91. The van der Waals surface area contributed by atoms with Crippen molar-refractivity contribution in [3.63, 3.8) is 0 Å². The molecule has 0 aromatic heterocycles. The monoisotopic (exact) mass is 285 g/mol. The van der Waals surface area contributed by atoms with Crippen molar-refractivity contribution < 1.29 is 14.7 Å². The second-order valence-corrected chi connectivity index (χ2v) is 5.90. The van der Waals surface area contributed by atoms with Crippen LogP contribution in [-0.2, 0) is 4.79 Å². The van der Waals surface area contributed by atoms with E-state index in [0.29, 0.717) is 19.1 Å². The van der Waals surface area contributed by atoms with Gasteiger partial charge in [0.05, 0.1) is 0 Å². The van der Waals surface area contributed by atoms with Gasteiger partial charge in [0.2, 0.25) is 0 Å². The van der Waals surface area contributed by atoms with Crippen molar-refractivity contribution in [3.8, 4) is 0 Å². The molecule has 2 unspecified atom stereocenters. The van der Waals surface area contributed by atoms with Gasteiger partial charge in [0.25, 0.3) is 0 Å². The quantitative estimate of drug-likeness (QED) is 0.796. The lowest BCUT2D eigenvalue weighted by Crippen LogP contribution is -2.55. The average molecular weight is 285 g/mol. The highest BCUT2D eigenvalue weighted by molar-refractivity contribution is 5.83. The first-order valence-corrected chi connectivity index (χ1v) is 7.32. The highest BCUT2D eigenvalue weighted by atomic mass is 16.4. The number of carboxylic acid groups (broad SMARTS) is 1. The largest absolute Gasteiger partial charge is 0.480 e. The number of nitrogens with one attached hydrogen (secondary N) is 1. The fourth-order valence-electron chi connectivity index (χ4n) is 2.49. The van der Waals surface area contributed by atoms with Crippen LogP contribution in [0.3, 0.4) is 0 Å². The van der Waals surface area contributed by atoms with Crippen LogP contribution in [0.15, 0.2) is 0 Å². The van der Waals surface area contributed by atoms with E-state index in [2.05, 4.69) is 24.1 Å². The summed E-state index contributed by atoms with van der Waals surface area (Å²) in [5.74, 6) is -0.906. The summed E-state index contributed by atoms with van der Waals surface area (Å²) < 4.78 is 0. The van der Waals surface area contributed by atoms with Gasteiger partial charge in [-0.15, -0.1) is 0 Å². The number of likely N-dealkylation sites (tertiary alicyclic amines) is 1. The number of urea groups is 1. The van der Waals surface area contributed by atoms with Crippen molar-refractivity contribution in [1.29, 1.82) is 0 Å². The van der Waals surface area contributed by atoms with Crippen molar-refractivity contribution in [2.24, 2.45) is 5.92 Å². The smallest absolute Gasteiger partial charge is 0.326 e. The zero-order chi connectivity index (χ0) is 15.3. The van der Waals surface area contributed by atoms with Crippen LogP contribution in [0.5, 0.6) is 0 Å². The third-order valence-electron chi connectivity index (χ3n) is 4.07. The Hall–Kier alpha value is -1.30. The van der Waals surface area contributed by atoms with Crippen LogP contribution in [-0.4, -0.2) is 65.7 Å². The van der Waals surface area contributed by atoms with Crippen LogP contribution < -0.4 is 5.32 Å². The molecular weight excluding hydrogens is 258 g/mol. The molecule has 0 aromatic rings. The zero-order valence-corrected chi connectivity index (χ0v) is 12.9. The molecular formula is C14H27N3O3. The molecule has 0 saturated carbocycles. The predicted molar refractivity (Wildman–Crippen MR) is 77.7 cm³/mol. The standard InChI is InChI=1S/C14H27N3O3/c1-10(2)16(4)9-7-15-14(20)17-8-5-6-11(3)12(17)13(18)19/h10-12H,5-9H2,1-4H3,(H,15,20)(H,18,19). The molecule has 0 spiro atoms. The van der Waals surface area contributed by atoms with Gasteiger partial charge in [-0.05, 0) is 39.7 Å². The minimum absolute atomic E-state index is 0.00494. The molecule has 1 aliphatic rings. The second-order valence-electron chi connectivity index (χ2n) is 5.90. The first-order chi connectivity index (χ1) is 9.34. The summed E-state index contributed by atoms with van der Waals surface area (Å²) in [6, 6.07) is -0.540. The molecule has 0 aliphatic carbocycles. The maximum Gasteiger partial charge on any atom is 0.326 e. The first-order valence-electron chi connectivity index (χ1n) is 7.32. The molecule has 1 saturated heterocycles. The van der Waals surface area contributed by atoms with Crippen molar-refractivity contribution >= 4 is 12.0 Å². The van der Waals surface area contributed by atoms with Crippen molar-refractivity contribution in [1.82, 2.24) is 15.1 Å². The molecule has 20 heavy (non-hydrogen) atoms. The van der Waals surface area contributed by atoms with E-state index in [1.807, 2.05) is 14.0 Å². The maximum atomic E-state index is 12.1. The summed E-state index contributed by atoms with van der Waals surface area (Å²) in [5, 5.41) is 12.1. The Morgan fingerprint density at radius 1 is 1.45 bits per heavy atom. The Bertz CT molecular complexity index is 347. The third kappa shape index (κ3) is 4.37. The Morgan fingerprint density at radius 3 is 2.65 bits per heavy atom. The third-order valence-corrected chi connectivity index (χ3v) is 4.07. The Labute approximate surface area is 121 Å². The molecule has 0 aromatic carbocycles. The van der Waals surface area contributed by atoms with Gasteiger partial charge < -0.3 is 20.2 Å². The summed E-state index contributed by atoms with van der Waals surface area (Å²) in [4.78, 5) is 27.1. The lowest BCUT2D eigenvalue weighted by molar-refractivity contribution is -0.145. The van der Waals surface area contributed by atoms with Crippen molar-refractivity contribution in [3.05, 3.63) is 0 Å². The van der Waals surface area contributed by atoms with Crippen LogP contribution in [0.4, 0.5) is 4.79 Å². The summed E-state index contributed by atoms with van der Waals surface area (Å²) >= 11 is 0. The molecule has 6 nitrogen and oxygen atoms in total. The number of hydrogen-bond donors (Lipinski definition) is 2. The van der Waals surface area contributed by atoms with Gasteiger partial charge in [-0.2, -0.15) is 0 Å². The van der Waals surface area contributed by atoms with E-state index >= 15 is 0 Å². The molecule has 1 heterocycles. The second kappa shape index (κ2) is 7.47. The minimum Gasteiger partial charge on any atom is -0.480 e. The summed E-state index contributed by atoms with van der Waals surface area (Å²) in [6.07, 6.45) is 1.72. The Balaban J connectivity index is 2.50. The number of carboxylic acids is 1. The maximum absolute atomic E-state index is 12.1. The van der Waals surface area contributed by atoms with Gasteiger partial charge >= 0.3 is 12.0 Å². The fourth-order valence-corrected chi connectivity index (χ4v) is 2.49. The average Bonchev–Trinajstić information content (AvgIpc) is 2.37. The predicted octanol–water partition coefficient (Wildman–Crippen LogP) is 1.22. The molecule has 2 amide bonds. The summed E-state index contributed by atoms with van der Waals surface area (Å²) in [5.41, 5.74) is 0. The number of carbonyl (C=O) groups excluding carboxylic acids is 1. The van der Waals surface area contributed by atoms with Gasteiger partial charge in [0.15, 0.2) is 0 Å². The molecule has 2 N–H and O–H groups in total. The molecule has 0 bridgehead atoms.